The Morgan fingerprint density at radius 2 is 2.00 bits per heavy atom. The Morgan fingerprint density at radius 3 is 2.60 bits per heavy atom. The maximum absolute atomic E-state index is 4.60. The van der Waals surface area contributed by atoms with E-state index in [1.165, 1.54) is 11.3 Å². The van der Waals surface area contributed by atoms with Gasteiger partial charge >= 0.3 is 0 Å². The SMILES string of the molecule is CCn1cc(CNc2cc(C)n(CC(C)C)n2)c(C)n1. The van der Waals surface area contributed by atoms with Gasteiger partial charge in [0.2, 0.25) is 0 Å². The molecule has 2 aromatic rings. The lowest BCUT2D eigenvalue weighted by Crippen LogP contribution is -2.08. The molecule has 0 aliphatic carbocycles. The van der Waals surface area contributed by atoms with E-state index >= 15 is 0 Å². The highest BCUT2D eigenvalue weighted by Crippen LogP contribution is 2.13. The van der Waals surface area contributed by atoms with Crippen molar-refractivity contribution in [2.45, 2.75) is 54.3 Å². The average Bonchev–Trinajstić information content (AvgIpc) is 2.90. The third-order valence-electron chi connectivity index (χ3n) is 3.35. The number of hydrogen-bond donors (Lipinski definition) is 1. The predicted octanol–water partition coefficient (Wildman–Crippen LogP) is 2.98. The van der Waals surface area contributed by atoms with Gasteiger partial charge in [-0.2, -0.15) is 10.2 Å². The van der Waals surface area contributed by atoms with Crippen molar-refractivity contribution in [2.75, 3.05) is 5.32 Å². The minimum atomic E-state index is 0.603. The number of nitrogens with one attached hydrogen (secondary N) is 1. The van der Waals surface area contributed by atoms with E-state index in [0.717, 1.165) is 31.1 Å². The van der Waals surface area contributed by atoms with Crippen molar-refractivity contribution in [3.8, 4) is 0 Å². The number of hydrogen-bond acceptors (Lipinski definition) is 3. The average molecular weight is 275 g/mol. The van der Waals surface area contributed by atoms with Crippen LogP contribution < -0.4 is 5.32 Å². The zero-order valence-electron chi connectivity index (χ0n) is 13.1. The van der Waals surface area contributed by atoms with E-state index < -0.39 is 0 Å². The number of aromatic nitrogens is 4. The largest absolute Gasteiger partial charge is 0.364 e. The van der Waals surface area contributed by atoms with Gasteiger partial charge in [0.1, 0.15) is 5.82 Å². The summed E-state index contributed by atoms with van der Waals surface area (Å²) in [6, 6.07) is 2.10. The van der Waals surface area contributed by atoms with Crippen molar-refractivity contribution < 1.29 is 0 Å². The molecular weight excluding hydrogens is 250 g/mol. The topological polar surface area (TPSA) is 47.7 Å². The van der Waals surface area contributed by atoms with Crippen LogP contribution in [0.25, 0.3) is 0 Å². The van der Waals surface area contributed by atoms with Crippen LogP contribution in [-0.2, 0) is 19.6 Å². The summed E-state index contributed by atoms with van der Waals surface area (Å²) in [7, 11) is 0. The molecule has 0 amide bonds. The van der Waals surface area contributed by atoms with Gasteiger partial charge in [0.25, 0.3) is 0 Å². The summed E-state index contributed by atoms with van der Waals surface area (Å²) in [6.45, 7) is 13.3. The van der Waals surface area contributed by atoms with E-state index in [2.05, 4.69) is 60.2 Å². The fourth-order valence-electron chi connectivity index (χ4n) is 2.21. The highest BCUT2D eigenvalue weighted by molar-refractivity contribution is 5.37. The van der Waals surface area contributed by atoms with Crippen LogP contribution in [0.1, 0.15) is 37.7 Å². The molecule has 0 bridgehead atoms. The van der Waals surface area contributed by atoms with E-state index in [9.17, 15) is 0 Å². The molecule has 110 valence electrons. The monoisotopic (exact) mass is 275 g/mol. The Morgan fingerprint density at radius 1 is 1.25 bits per heavy atom. The molecule has 2 rings (SSSR count). The van der Waals surface area contributed by atoms with Crippen LogP contribution in [0.3, 0.4) is 0 Å². The summed E-state index contributed by atoms with van der Waals surface area (Å²) in [6.07, 6.45) is 2.10. The van der Waals surface area contributed by atoms with Crippen LogP contribution in [0.15, 0.2) is 12.3 Å². The van der Waals surface area contributed by atoms with Crippen molar-refractivity contribution in [1.82, 2.24) is 19.6 Å². The standard InChI is InChI=1S/C15H25N5/c1-6-19-10-14(13(5)17-19)8-16-15-7-12(4)20(18-15)9-11(2)3/h7,10-11H,6,8-9H2,1-5H3,(H,16,18). The van der Waals surface area contributed by atoms with Gasteiger partial charge in [0, 0.05) is 43.2 Å². The lowest BCUT2D eigenvalue weighted by atomic mass is 10.2. The zero-order valence-corrected chi connectivity index (χ0v) is 13.1. The Labute approximate surface area is 121 Å². The summed E-state index contributed by atoms with van der Waals surface area (Å²) in [4.78, 5) is 0. The molecule has 0 saturated heterocycles. The summed E-state index contributed by atoms with van der Waals surface area (Å²) in [5, 5.41) is 12.4. The molecule has 0 saturated carbocycles. The lowest BCUT2D eigenvalue weighted by Gasteiger charge is -2.06. The molecule has 0 fully saturated rings. The molecular formula is C15H25N5. The van der Waals surface area contributed by atoms with Gasteiger partial charge in [0.15, 0.2) is 0 Å². The molecule has 0 atom stereocenters. The van der Waals surface area contributed by atoms with Crippen molar-refractivity contribution in [3.05, 3.63) is 29.2 Å². The summed E-state index contributed by atoms with van der Waals surface area (Å²) in [5.41, 5.74) is 3.50. The lowest BCUT2D eigenvalue weighted by molar-refractivity contribution is 0.475. The van der Waals surface area contributed by atoms with Gasteiger partial charge in [-0.3, -0.25) is 9.36 Å². The first-order chi connectivity index (χ1) is 9.49. The first-order valence-corrected chi connectivity index (χ1v) is 7.30. The van der Waals surface area contributed by atoms with Crippen molar-refractivity contribution in [2.24, 2.45) is 5.92 Å². The fourth-order valence-corrected chi connectivity index (χ4v) is 2.21. The van der Waals surface area contributed by atoms with Gasteiger partial charge < -0.3 is 5.32 Å². The third-order valence-corrected chi connectivity index (χ3v) is 3.35. The Balaban J connectivity index is 2.01. The fraction of sp³-hybridized carbons (Fsp3) is 0.600. The van der Waals surface area contributed by atoms with Gasteiger partial charge in [-0.25, -0.2) is 0 Å². The second-order valence-corrected chi connectivity index (χ2v) is 5.70. The second-order valence-electron chi connectivity index (χ2n) is 5.70. The Hall–Kier alpha value is -1.78. The quantitative estimate of drug-likeness (QED) is 0.881. The van der Waals surface area contributed by atoms with E-state index in [4.69, 9.17) is 0 Å². The number of rotatable bonds is 6. The van der Waals surface area contributed by atoms with Crippen LogP contribution in [0.2, 0.25) is 0 Å². The molecule has 0 radical (unpaired) electrons. The van der Waals surface area contributed by atoms with Gasteiger partial charge in [-0.1, -0.05) is 13.8 Å². The smallest absolute Gasteiger partial charge is 0.148 e. The van der Waals surface area contributed by atoms with Crippen LogP contribution in [-0.4, -0.2) is 19.6 Å². The number of nitrogens with zero attached hydrogens (tertiary/aromatic N) is 4. The van der Waals surface area contributed by atoms with E-state index in [1.807, 2.05) is 11.6 Å². The van der Waals surface area contributed by atoms with Gasteiger partial charge in [-0.15, -0.1) is 0 Å². The molecule has 0 unspecified atom stereocenters. The van der Waals surface area contributed by atoms with Crippen molar-refractivity contribution in [1.29, 1.82) is 0 Å². The minimum absolute atomic E-state index is 0.603. The summed E-state index contributed by atoms with van der Waals surface area (Å²) in [5.74, 6) is 1.54. The van der Waals surface area contributed by atoms with E-state index in [1.54, 1.807) is 0 Å². The third kappa shape index (κ3) is 3.40. The molecule has 2 heterocycles. The van der Waals surface area contributed by atoms with Crippen LogP contribution >= 0.6 is 0 Å². The van der Waals surface area contributed by atoms with Crippen LogP contribution in [0, 0.1) is 19.8 Å². The second kappa shape index (κ2) is 6.11. The molecule has 0 aliphatic rings. The first-order valence-electron chi connectivity index (χ1n) is 7.30. The van der Waals surface area contributed by atoms with Crippen molar-refractivity contribution in [3.63, 3.8) is 0 Å². The maximum atomic E-state index is 4.60. The van der Waals surface area contributed by atoms with E-state index in [-0.39, 0.29) is 0 Å². The Bertz CT molecular complexity index is 565. The first kappa shape index (κ1) is 14.6. The van der Waals surface area contributed by atoms with Crippen molar-refractivity contribution >= 4 is 5.82 Å². The van der Waals surface area contributed by atoms with E-state index in [0.29, 0.717) is 5.92 Å². The van der Waals surface area contributed by atoms with Gasteiger partial charge in [0.05, 0.1) is 5.69 Å². The molecule has 0 spiro atoms. The minimum Gasteiger partial charge on any atom is -0.364 e. The Kier molecular flexibility index (Phi) is 4.47. The molecule has 0 aromatic carbocycles. The molecule has 5 nitrogen and oxygen atoms in total. The predicted molar refractivity (Wildman–Crippen MR) is 81.8 cm³/mol. The summed E-state index contributed by atoms with van der Waals surface area (Å²) < 4.78 is 4.03. The van der Waals surface area contributed by atoms with Crippen LogP contribution in [0.5, 0.6) is 0 Å². The number of anilines is 1. The molecule has 0 aliphatic heterocycles. The highest BCUT2D eigenvalue weighted by Gasteiger charge is 2.08. The zero-order chi connectivity index (χ0) is 14.7. The highest BCUT2D eigenvalue weighted by atomic mass is 15.3. The number of aryl methyl sites for hydroxylation is 3. The molecule has 5 heteroatoms. The summed E-state index contributed by atoms with van der Waals surface area (Å²) >= 11 is 0. The molecule has 2 aromatic heterocycles. The van der Waals surface area contributed by atoms with Gasteiger partial charge in [-0.05, 0) is 26.7 Å². The normalized spacial score (nSPS) is 11.3. The maximum Gasteiger partial charge on any atom is 0.148 e. The molecule has 20 heavy (non-hydrogen) atoms. The molecule has 1 N–H and O–H groups in total. The van der Waals surface area contributed by atoms with Crippen LogP contribution in [0.4, 0.5) is 5.82 Å².